The van der Waals surface area contributed by atoms with Crippen molar-refractivity contribution in [2.75, 3.05) is 0 Å². The fraction of sp³-hybridized carbons (Fsp3) is 0.167. The molecule has 1 aliphatic rings. The average molecular weight is 347 g/mol. The van der Waals surface area contributed by atoms with E-state index in [4.69, 9.17) is 4.52 Å². The number of benzene rings is 1. The van der Waals surface area contributed by atoms with E-state index in [9.17, 15) is 9.59 Å². The van der Waals surface area contributed by atoms with Crippen molar-refractivity contribution in [3.8, 4) is 11.5 Å². The molecule has 8 heteroatoms. The van der Waals surface area contributed by atoms with Gasteiger partial charge in [-0.25, -0.2) is 9.78 Å². The SMILES string of the molecule is O=c1[nH]c(=O)c2cc(-c3nc(C4(c5ccccc5)CC4)no3)cnc2[nH]1. The van der Waals surface area contributed by atoms with Crippen LogP contribution in [-0.4, -0.2) is 25.1 Å². The first-order valence-corrected chi connectivity index (χ1v) is 8.18. The molecule has 0 amide bonds. The summed E-state index contributed by atoms with van der Waals surface area (Å²) < 4.78 is 5.43. The Bertz CT molecular complexity index is 1230. The summed E-state index contributed by atoms with van der Waals surface area (Å²) in [4.78, 5) is 36.6. The number of H-pyrrole nitrogens is 2. The molecule has 0 spiro atoms. The number of hydrogen-bond donors (Lipinski definition) is 2. The van der Waals surface area contributed by atoms with Gasteiger partial charge in [0.2, 0.25) is 0 Å². The fourth-order valence-electron chi connectivity index (χ4n) is 3.22. The van der Waals surface area contributed by atoms with E-state index in [1.807, 2.05) is 18.2 Å². The van der Waals surface area contributed by atoms with Crippen molar-refractivity contribution in [1.82, 2.24) is 25.1 Å². The Hall–Kier alpha value is -3.55. The van der Waals surface area contributed by atoms with Crippen molar-refractivity contribution in [3.63, 3.8) is 0 Å². The molecule has 0 unspecified atom stereocenters. The number of fused-ring (bicyclic) bond motifs is 1. The summed E-state index contributed by atoms with van der Waals surface area (Å²) in [5.74, 6) is 0.927. The summed E-state index contributed by atoms with van der Waals surface area (Å²) in [6, 6.07) is 11.7. The zero-order valence-electron chi connectivity index (χ0n) is 13.5. The maximum absolute atomic E-state index is 12.0. The van der Waals surface area contributed by atoms with Gasteiger partial charge in [0.25, 0.3) is 11.4 Å². The third kappa shape index (κ3) is 2.19. The smallest absolute Gasteiger partial charge is 0.327 e. The minimum Gasteiger partial charge on any atom is -0.334 e. The maximum Gasteiger partial charge on any atom is 0.327 e. The Balaban J connectivity index is 1.58. The number of nitrogens with one attached hydrogen (secondary N) is 2. The molecule has 8 nitrogen and oxygen atoms in total. The summed E-state index contributed by atoms with van der Waals surface area (Å²) in [5.41, 5.74) is 0.596. The van der Waals surface area contributed by atoms with Crippen molar-refractivity contribution < 1.29 is 4.52 Å². The normalized spacial score (nSPS) is 15.2. The van der Waals surface area contributed by atoms with Crippen molar-refractivity contribution >= 4 is 11.0 Å². The van der Waals surface area contributed by atoms with Crippen LogP contribution in [0.4, 0.5) is 0 Å². The fourth-order valence-corrected chi connectivity index (χ4v) is 3.22. The Kier molecular flexibility index (Phi) is 2.96. The Labute approximate surface area is 145 Å². The lowest BCUT2D eigenvalue weighted by molar-refractivity contribution is 0.418. The van der Waals surface area contributed by atoms with Gasteiger partial charge in [0.15, 0.2) is 5.82 Å². The number of rotatable bonds is 3. The average Bonchev–Trinajstić information content (AvgIpc) is 3.32. The van der Waals surface area contributed by atoms with E-state index in [2.05, 4.69) is 37.2 Å². The Morgan fingerprint density at radius 3 is 2.65 bits per heavy atom. The van der Waals surface area contributed by atoms with Crippen LogP contribution in [0.1, 0.15) is 24.2 Å². The van der Waals surface area contributed by atoms with Gasteiger partial charge in [-0.1, -0.05) is 35.5 Å². The van der Waals surface area contributed by atoms with Crippen LogP contribution < -0.4 is 11.2 Å². The first-order valence-electron chi connectivity index (χ1n) is 8.18. The summed E-state index contributed by atoms with van der Waals surface area (Å²) >= 11 is 0. The number of hydrogen-bond acceptors (Lipinski definition) is 6. The van der Waals surface area contributed by atoms with Gasteiger partial charge in [-0.2, -0.15) is 4.98 Å². The molecule has 128 valence electrons. The van der Waals surface area contributed by atoms with Crippen LogP contribution in [-0.2, 0) is 5.41 Å². The molecule has 4 aromatic rings. The minimum atomic E-state index is -0.596. The molecule has 0 atom stereocenters. The van der Waals surface area contributed by atoms with Gasteiger partial charge in [0.1, 0.15) is 5.65 Å². The standard InChI is InChI=1S/C18H13N5O3/c24-14-12-8-10(9-19-13(12)20-17(25)21-14)15-22-16(23-26-15)18(6-7-18)11-4-2-1-3-5-11/h1-5,8-9H,6-7H2,(H2,19,20,21,24,25). The lowest BCUT2D eigenvalue weighted by Crippen LogP contribution is -2.22. The zero-order chi connectivity index (χ0) is 17.7. The lowest BCUT2D eigenvalue weighted by Gasteiger charge is -2.09. The van der Waals surface area contributed by atoms with Gasteiger partial charge >= 0.3 is 5.69 Å². The van der Waals surface area contributed by atoms with Gasteiger partial charge in [-0.15, -0.1) is 0 Å². The van der Waals surface area contributed by atoms with Gasteiger partial charge in [0, 0.05) is 6.20 Å². The van der Waals surface area contributed by atoms with Crippen molar-refractivity contribution in [2.24, 2.45) is 0 Å². The Morgan fingerprint density at radius 1 is 1.08 bits per heavy atom. The number of nitrogens with zero attached hydrogens (tertiary/aromatic N) is 3. The molecule has 0 bridgehead atoms. The molecular weight excluding hydrogens is 334 g/mol. The van der Waals surface area contributed by atoms with Crippen LogP contribution in [0.25, 0.3) is 22.5 Å². The zero-order valence-corrected chi connectivity index (χ0v) is 13.5. The van der Waals surface area contributed by atoms with E-state index in [-0.39, 0.29) is 16.4 Å². The third-order valence-corrected chi connectivity index (χ3v) is 4.77. The molecule has 1 aliphatic carbocycles. The second-order valence-electron chi connectivity index (χ2n) is 6.40. The van der Waals surface area contributed by atoms with Gasteiger partial charge in [-0.3, -0.25) is 14.8 Å². The minimum absolute atomic E-state index is 0.198. The van der Waals surface area contributed by atoms with Crippen molar-refractivity contribution in [1.29, 1.82) is 0 Å². The van der Waals surface area contributed by atoms with Gasteiger partial charge in [-0.05, 0) is 24.5 Å². The van der Waals surface area contributed by atoms with E-state index < -0.39 is 11.2 Å². The molecular formula is C18H13N5O3. The van der Waals surface area contributed by atoms with Gasteiger partial charge in [0.05, 0.1) is 16.4 Å². The highest BCUT2D eigenvalue weighted by atomic mass is 16.5. The van der Waals surface area contributed by atoms with Crippen LogP contribution >= 0.6 is 0 Å². The van der Waals surface area contributed by atoms with Crippen molar-refractivity contribution in [3.05, 3.63) is 74.8 Å². The van der Waals surface area contributed by atoms with E-state index in [1.165, 1.54) is 6.20 Å². The third-order valence-electron chi connectivity index (χ3n) is 4.77. The highest BCUT2D eigenvalue weighted by Gasteiger charge is 2.49. The maximum atomic E-state index is 12.0. The molecule has 0 radical (unpaired) electrons. The molecule has 1 fully saturated rings. The largest absolute Gasteiger partial charge is 0.334 e. The topological polar surface area (TPSA) is 118 Å². The first kappa shape index (κ1) is 14.8. The van der Waals surface area contributed by atoms with E-state index >= 15 is 0 Å². The highest BCUT2D eigenvalue weighted by Crippen LogP contribution is 2.52. The first-order chi connectivity index (χ1) is 12.7. The second kappa shape index (κ2) is 5.22. The molecule has 3 aromatic heterocycles. The van der Waals surface area contributed by atoms with Crippen LogP contribution in [0.3, 0.4) is 0 Å². The van der Waals surface area contributed by atoms with Crippen LogP contribution in [0.5, 0.6) is 0 Å². The highest BCUT2D eigenvalue weighted by molar-refractivity contribution is 5.77. The number of aromatic nitrogens is 5. The molecule has 3 heterocycles. The number of aromatic amines is 2. The molecule has 5 rings (SSSR count). The summed E-state index contributed by atoms with van der Waals surface area (Å²) in [5, 5.41) is 4.42. The quantitative estimate of drug-likeness (QED) is 0.583. The summed E-state index contributed by atoms with van der Waals surface area (Å²) in [7, 11) is 0. The number of pyridine rings is 1. The molecule has 2 N–H and O–H groups in total. The van der Waals surface area contributed by atoms with Crippen molar-refractivity contribution in [2.45, 2.75) is 18.3 Å². The predicted molar refractivity (Wildman–Crippen MR) is 92.7 cm³/mol. The van der Waals surface area contributed by atoms with Crippen LogP contribution in [0.2, 0.25) is 0 Å². The molecule has 0 saturated heterocycles. The summed E-state index contributed by atoms with van der Waals surface area (Å²) in [6.45, 7) is 0. The van der Waals surface area contributed by atoms with E-state index in [0.717, 1.165) is 18.4 Å². The van der Waals surface area contributed by atoms with Crippen LogP contribution in [0, 0.1) is 0 Å². The van der Waals surface area contributed by atoms with Crippen LogP contribution in [0.15, 0.2) is 56.7 Å². The molecule has 1 saturated carbocycles. The molecule has 1 aromatic carbocycles. The molecule has 0 aliphatic heterocycles. The molecule has 26 heavy (non-hydrogen) atoms. The second-order valence-corrected chi connectivity index (χ2v) is 6.40. The monoisotopic (exact) mass is 347 g/mol. The van der Waals surface area contributed by atoms with E-state index in [1.54, 1.807) is 6.07 Å². The van der Waals surface area contributed by atoms with E-state index in [0.29, 0.717) is 17.3 Å². The lowest BCUT2D eigenvalue weighted by atomic mass is 9.95. The summed E-state index contributed by atoms with van der Waals surface area (Å²) in [6.07, 6.45) is 3.43. The predicted octanol–water partition coefficient (Wildman–Crippen LogP) is 1.74. The Morgan fingerprint density at radius 2 is 1.88 bits per heavy atom. The van der Waals surface area contributed by atoms with Gasteiger partial charge < -0.3 is 4.52 Å².